The zero-order valence-corrected chi connectivity index (χ0v) is 15.8. The Morgan fingerprint density at radius 3 is 2.70 bits per heavy atom. The van der Waals surface area contributed by atoms with Crippen molar-refractivity contribution in [3.05, 3.63) is 80.5 Å². The van der Waals surface area contributed by atoms with Gasteiger partial charge >= 0.3 is 0 Å². The number of nitro groups is 1. The third-order valence-corrected chi connectivity index (χ3v) is 4.49. The van der Waals surface area contributed by atoms with Crippen LogP contribution < -0.4 is 10.6 Å². The van der Waals surface area contributed by atoms with Crippen molar-refractivity contribution in [2.45, 2.75) is 6.54 Å². The van der Waals surface area contributed by atoms with Gasteiger partial charge in [-0.25, -0.2) is 0 Å². The van der Waals surface area contributed by atoms with Gasteiger partial charge < -0.3 is 15.1 Å². The monoisotopic (exact) mass is 406 g/mol. The molecule has 2 aromatic carbocycles. The minimum Gasteiger partial charge on any atom is -0.455 e. The summed E-state index contributed by atoms with van der Waals surface area (Å²) in [5.41, 5.74) is 1.60. The van der Waals surface area contributed by atoms with Crippen LogP contribution in [0.15, 0.2) is 59.0 Å². The lowest BCUT2D eigenvalue weighted by Gasteiger charge is -2.07. The van der Waals surface area contributed by atoms with E-state index in [9.17, 15) is 10.1 Å². The first-order chi connectivity index (χ1) is 13.0. The molecule has 1 aromatic heterocycles. The molecule has 0 fully saturated rings. The van der Waals surface area contributed by atoms with Gasteiger partial charge in [0.1, 0.15) is 12.3 Å². The number of hydrogen-bond donors (Lipinski definition) is 2. The fraction of sp³-hybridized carbons (Fsp3) is 0.158. The van der Waals surface area contributed by atoms with Crippen LogP contribution in [-0.4, -0.2) is 18.0 Å². The molecule has 0 aliphatic heterocycles. The number of hydrogen-bond acceptors (Lipinski definition) is 4. The summed E-state index contributed by atoms with van der Waals surface area (Å²) in [6.45, 7) is 2.16. The standard InChI is InChI=1S/C19H17Cl2N3O3/c20-14-3-1-2-13(10-14)19-7-5-16(27-19)12-22-8-9-23-18-6-4-15(24(25)26)11-17(18)21/h1-7,10-11,22-23H,8-9,12H2/p+1. The highest BCUT2D eigenvalue weighted by Crippen LogP contribution is 2.26. The molecule has 6 nitrogen and oxygen atoms in total. The molecule has 8 heteroatoms. The fourth-order valence-corrected chi connectivity index (χ4v) is 3.03. The lowest BCUT2D eigenvalue weighted by Crippen LogP contribution is -2.83. The van der Waals surface area contributed by atoms with Gasteiger partial charge in [-0.2, -0.15) is 0 Å². The van der Waals surface area contributed by atoms with E-state index < -0.39 is 4.92 Å². The summed E-state index contributed by atoms with van der Waals surface area (Å²) in [6, 6.07) is 15.8. The minimum absolute atomic E-state index is 0.0227. The highest BCUT2D eigenvalue weighted by molar-refractivity contribution is 6.33. The third kappa shape index (κ3) is 5.23. The second-order valence-corrected chi connectivity index (χ2v) is 6.75. The molecule has 27 heavy (non-hydrogen) atoms. The predicted octanol–water partition coefficient (Wildman–Crippen LogP) is 4.34. The molecule has 0 bridgehead atoms. The topological polar surface area (TPSA) is 84.9 Å². The van der Waals surface area contributed by atoms with Crippen LogP contribution in [0, 0.1) is 10.1 Å². The molecule has 3 aromatic rings. The summed E-state index contributed by atoms with van der Waals surface area (Å²) in [6.07, 6.45) is 0. The van der Waals surface area contributed by atoms with Crippen molar-refractivity contribution in [1.82, 2.24) is 0 Å². The lowest BCUT2D eigenvalue weighted by atomic mass is 10.2. The molecular weight excluding hydrogens is 389 g/mol. The van der Waals surface area contributed by atoms with Gasteiger partial charge in [-0.1, -0.05) is 35.3 Å². The largest absolute Gasteiger partial charge is 0.455 e. The van der Waals surface area contributed by atoms with Crippen LogP contribution in [0.25, 0.3) is 11.3 Å². The summed E-state index contributed by atoms with van der Waals surface area (Å²) in [7, 11) is 0. The van der Waals surface area contributed by atoms with E-state index >= 15 is 0 Å². The smallest absolute Gasteiger partial charge is 0.271 e. The summed E-state index contributed by atoms with van der Waals surface area (Å²) < 4.78 is 5.85. The molecule has 0 unspecified atom stereocenters. The quantitative estimate of drug-likeness (QED) is 0.331. The normalized spacial score (nSPS) is 10.7. The van der Waals surface area contributed by atoms with Crippen LogP contribution in [-0.2, 0) is 6.54 Å². The summed E-state index contributed by atoms with van der Waals surface area (Å²) >= 11 is 12.1. The Labute approximate surface area is 166 Å². The number of nitrogens with two attached hydrogens (primary N) is 1. The van der Waals surface area contributed by atoms with E-state index in [0.29, 0.717) is 28.8 Å². The van der Waals surface area contributed by atoms with Crippen LogP contribution in [0.2, 0.25) is 10.0 Å². The van der Waals surface area contributed by atoms with E-state index in [1.165, 1.54) is 12.1 Å². The van der Waals surface area contributed by atoms with Gasteiger partial charge in [0.05, 0.1) is 28.7 Å². The average Bonchev–Trinajstić information content (AvgIpc) is 3.11. The van der Waals surface area contributed by atoms with Crippen molar-refractivity contribution in [1.29, 1.82) is 0 Å². The first kappa shape index (κ1) is 19.2. The molecule has 0 radical (unpaired) electrons. The van der Waals surface area contributed by atoms with Crippen molar-refractivity contribution in [3.8, 4) is 11.3 Å². The molecule has 0 aliphatic carbocycles. The summed E-state index contributed by atoms with van der Waals surface area (Å²) in [5, 5.41) is 17.0. The molecular formula is C19H18Cl2N3O3+. The van der Waals surface area contributed by atoms with E-state index in [1.54, 1.807) is 6.07 Å². The van der Waals surface area contributed by atoms with E-state index in [-0.39, 0.29) is 5.69 Å². The molecule has 0 amide bonds. The van der Waals surface area contributed by atoms with Gasteiger partial charge in [-0.3, -0.25) is 10.1 Å². The number of nitrogens with zero attached hydrogens (tertiary/aromatic N) is 1. The first-order valence-corrected chi connectivity index (χ1v) is 9.12. The van der Waals surface area contributed by atoms with Crippen LogP contribution in [0.1, 0.15) is 5.76 Å². The molecule has 0 saturated carbocycles. The first-order valence-electron chi connectivity index (χ1n) is 8.37. The Hall–Kier alpha value is -2.54. The zero-order valence-electron chi connectivity index (χ0n) is 14.3. The fourth-order valence-electron chi connectivity index (χ4n) is 2.60. The highest BCUT2D eigenvalue weighted by atomic mass is 35.5. The Morgan fingerprint density at radius 1 is 1.11 bits per heavy atom. The average molecular weight is 407 g/mol. The number of quaternary nitrogens is 1. The van der Waals surface area contributed by atoms with Gasteiger partial charge in [0.15, 0.2) is 5.76 Å². The van der Waals surface area contributed by atoms with E-state index in [0.717, 1.165) is 23.6 Å². The molecule has 0 saturated heterocycles. The Kier molecular flexibility index (Phi) is 6.34. The Balaban J connectivity index is 1.45. The maximum atomic E-state index is 10.7. The van der Waals surface area contributed by atoms with Gasteiger partial charge in [0.25, 0.3) is 5.69 Å². The maximum absolute atomic E-state index is 10.7. The van der Waals surface area contributed by atoms with Crippen LogP contribution in [0.5, 0.6) is 0 Å². The minimum atomic E-state index is -0.468. The van der Waals surface area contributed by atoms with Crippen LogP contribution in [0.4, 0.5) is 11.4 Å². The number of non-ortho nitro benzene ring substituents is 1. The van der Waals surface area contributed by atoms with Gasteiger partial charge in [-0.15, -0.1) is 0 Å². The summed E-state index contributed by atoms with van der Waals surface area (Å²) in [5.74, 6) is 1.66. The van der Waals surface area contributed by atoms with Gasteiger partial charge in [0, 0.05) is 22.7 Å². The summed E-state index contributed by atoms with van der Waals surface area (Å²) in [4.78, 5) is 10.2. The molecule has 3 N–H and O–H groups in total. The van der Waals surface area contributed by atoms with Crippen molar-refractivity contribution in [2.75, 3.05) is 18.4 Å². The Morgan fingerprint density at radius 2 is 1.96 bits per heavy atom. The van der Waals surface area contributed by atoms with Crippen molar-refractivity contribution in [2.24, 2.45) is 0 Å². The van der Waals surface area contributed by atoms with Gasteiger partial charge in [0.2, 0.25) is 0 Å². The number of anilines is 1. The molecule has 0 atom stereocenters. The van der Waals surface area contributed by atoms with Crippen LogP contribution >= 0.6 is 23.2 Å². The number of furan rings is 1. The molecule has 0 aliphatic rings. The number of nitro benzene ring substituents is 1. The maximum Gasteiger partial charge on any atom is 0.271 e. The highest BCUT2D eigenvalue weighted by Gasteiger charge is 2.09. The second-order valence-electron chi connectivity index (χ2n) is 5.91. The van der Waals surface area contributed by atoms with E-state index in [4.69, 9.17) is 27.6 Å². The number of nitrogens with one attached hydrogen (secondary N) is 1. The predicted molar refractivity (Wildman–Crippen MR) is 106 cm³/mol. The lowest BCUT2D eigenvalue weighted by molar-refractivity contribution is -0.669. The molecule has 1 heterocycles. The molecule has 0 spiro atoms. The number of benzene rings is 2. The van der Waals surface area contributed by atoms with Crippen molar-refractivity contribution in [3.63, 3.8) is 0 Å². The van der Waals surface area contributed by atoms with E-state index in [2.05, 4.69) is 10.6 Å². The van der Waals surface area contributed by atoms with E-state index in [1.807, 2.05) is 36.4 Å². The van der Waals surface area contributed by atoms with Gasteiger partial charge in [-0.05, 0) is 30.3 Å². The second kappa shape index (κ2) is 8.90. The van der Waals surface area contributed by atoms with Crippen molar-refractivity contribution >= 4 is 34.6 Å². The number of halogens is 2. The third-order valence-electron chi connectivity index (χ3n) is 3.94. The SMILES string of the molecule is O=[N+]([O-])c1ccc(NCC[NH2+]Cc2ccc(-c3cccc(Cl)c3)o2)c(Cl)c1. The van der Waals surface area contributed by atoms with Crippen molar-refractivity contribution < 1.29 is 14.7 Å². The Bertz CT molecular complexity index is 943. The number of rotatable bonds is 8. The molecule has 140 valence electrons. The van der Waals surface area contributed by atoms with Crippen LogP contribution in [0.3, 0.4) is 0 Å². The zero-order chi connectivity index (χ0) is 19.2. The molecule has 3 rings (SSSR count).